The Bertz CT molecular complexity index is 530. The van der Waals surface area contributed by atoms with Crippen LogP contribution in [0.5, 0.6) is 0 Å². The van der Waals surface area contributed by atoms with Gasteiger partial charge >= 0.3 is 0 Å². The second-order valence-corrected chi connectivity index (χ2v) is 5.00. The lowest BCUT2D eigenvalue weighted by molar-refractivity contribution is 0.475. The van der Waals surface area contributed by atoms with E-state index in [9.17, 15) is 0 Å². The van der Waals surface area contributed by atoms with Gasteiger partial charge in [0.25, 0.3) is 0 Å². The molecule has 3 heteroatoms. The molecule has 1 unspecified atom stereocenters. The Balaban J connectivity index is 2.66. The number of furan rings is 1. The third-order valence-corrected chi connectivity index (χ3v) is 4.29. The first-order valence-corrected chi connectivity index (χ1v) is 6.20. The van der Waals surface area contributed by atoms with Crippen LogP contribution in [0.4, 0.5) is 0 Å². The summed E-state index contributed by atoms with van der Waals surface area (Å²) in [6.45, 7) is 6.29. The lowest BCUT2D eigenvalue weighted by Gasteiger charge is -2.04. The second-order valence-electron chi connectivity index (χ2n) is 4.20. The van der Waals surface area contributed by atoms with Gasteiger partial charge in [0, 0.05) is 9.86 Å². The van der Waals surface area contributed by atoms with E-state index in [2.05, 4.69) is 54.2 Å². The molecule has 2 aromatic rings. The van der Waals surface area contributed by atoms with Crippen LogP contribution in [0, 0.1) is 13.8 Å². The van der Waals surface area contributed by atoms with E-state index in [0.29, 0.717) is 0 Å². The Hall–Kier alpha value is -0.800. The van der Waals surface area contributed by atoms with Crippen LogP contribution >= 0.6 is 15.9 Å². The molecule has 86 valence electrons. The summed E-state index contributed by atoms with van der Waals surface area (Å²) in [5.41, 5.74) is 3.42. The molecular formula is C13H16BrNO. The molecule has 1 N–H and O–H groups in total. The van der Waals surface area contributed by atoms with E-state index in [-0.39, 0.29) is 6.04 Å². The fourth-order valence-electron chi connectivity index (χ4n) is 1.85. The minimum absolute atomic E-state index is 0.242. The minimum Gasteiger partial charge on any atom is -0.459 e. The summed E-state index contributed by atoms with van der Waals surface area (Å²) in [5.74, 6) is 0.984. The van der Waals surface area contributed by atoms with Crippen LogP contribution in [-0.2, 0) is 0 Å². The maximum atomic E-state index is 5.85. The van der Waals surface area contributed by atoms with Gasteiger partial charge in [-0.3, -0.25) is 0 Å². The molecule has 0 saturated carbocycles. The van der Waals surface area contributed by atoms with E-state index >= 15 is 0 Å². The Morgan fingerprint density at radius 1 is 1.31 bits per heavy atom. The van der Waals surface area contributed by atoms with Crippen LogP contribution in [-0.4, -0.2) is 7.05 Å². The third kappa shape index (κ3) is 1.78. The molecule has 0 bridgehead atoms. The van der Waals surface area contributed by atoms with Crippen LogP contribution in [0.3, 0.4) is 0 Å². The number of aryl methyl sites for hydroxylation is 2. The fourth-order valence-corrected chi connectivity index (χ4v) is 2.18. The average molecular weight is 282 g/mol. The van der Waals surface area contributed by atoms with E-state index in [1.807, 2.05) is 7.05 Å². The van der Waals surface area contributed by atoms with Gasteiger partial charge in [0.05, 0.1) is 6.04 Å². The maximum Gasteiger partial charge on any atom is 0.134 e. The van der Waals surface area contributed by atoms with E-state index in [1.54, 1.807) is 0 Å². The summed E-state index contributed by atoms with van der Waals surface area (Å²) in [5, 5.41) is 4.37. The van der Waals surface area contributed by atoms with Crippen molar-refractivity contribution in [1.29, 1.82) is 0 Å². The smallest absolute Gasteiger partial charge is 0.134 e. The zero-order valence-corrected chi connectivity index (χ0v) is 11.6. The molecule has 0 aliphatic carbocycles. The third-order valence-electron chi connectivity index (χ3n) is 3.07. The Morgan fingerprint density at radius 3 is 2.62 bits per heavy atom. The van der Waals surface area contributed by atoms with Gasteiger partial charge in [0.1, 0.15) is 11.3 Å². The normalized spacial score (nSPS) is 13.3. The largest absolute Gasteiger partial charge is 0.459 e. The molecule has 1 aromatic carbocycles. The van der Waals surface area contributed by atoms with E-state index in [4.69, 9.17) is 4.42 Å². The molecule has 0 fully saturated rings. The quantitative estimate of drug-likeness (QED) is 0.897. The lowest BCUT2D eigenvalue weighted by atomic mass is 10.1. The minimum atomic E-state index is 0.242. The predicted octanol–water partition coefficient (Wildman–Crippen LogP) is 4.09. The highest BCUT2D eigenvalue weighted by atomic mass is 79.9. The van der Waals surface area contributed by atoms with Crippen LogP contribution in [0.25, 0.3) is 11.0 Å². The number of nitrogens with one attached hydrogen (secondary N) is 1. The molecular weight excluding hydrogens is 266 g/mol. The molecule has 0 spiro atoms. The Kier molecular flexibility index (Phi) is 3.08. The molecule has 1 heterocycles. The van der Waals surface area contributed by atoms with Gasteiger partial charge < -0.3 is 9.73 Å². The molecule has 0 aliphatic heterocycles. The molecule has 0 aliphatic rings. The highest BCUT2D eigenvalue weighted by Crippen LogP contribution is 2.32. The summed E-state index contributed by atoms with van der Waals surface area (Å²) >= 11 is 3.61. The van der Waals surface area contributed by atoms with E-state index in [0.717, 1.165) is 11.3 Å². The van der Waals surface area contributed by atoms with Crippen molar-refractivity contribution in [3.8, 4) is 0 Å². The van der Waals surface area contributed by atoms with Crippen molar-refractivity contribution < 1.29 is 4.42 Å². The molecule has 0 saturated heterocycles. The van der Waals surface area contributed by atoms with Crippen LogP contribution in [0.2, 0.25) is 0 Å². The van der Waals surface area contributed by atoms with Crippen molar-refractivity contribution in [3.05, 3.63) is 33.5 Å². The first-order chi connectivity index (χ1) is 7.54. The van der Waals surface area contributed by atoms with Gasteiger partial charge in [-0.05, 0) is 51.1 Å². The van der Waals surface area contributed by atoms with Crippen molar-refractivity contribution in [2.75, 3.05) is 7.05 Å². The van der Waals surface area contributed by atoms with Crippen molar-refractivity contribution in [1.82, 2.24) is 5.32 Å². The Labute approximate surface area is 104 Å². The van der Waals surface area contributed by atoms with Gasteiger partial charge in [-0.25, -0.2) is 0 Å². The van der Waals surface area contributed by atoms with Crippen molar-refractivity contribution in [2.24, 2.45) is 0 Å². The number of rotatable bonds is 2. The van der Waals surface area contributed by atoms with Gasteiger partial charge in [-0.2, -0.15) is 0 Å². The topological polar surface area (TPSA) is 25.2 Å². The number of benzene rings is 1. The summed E-state index contributed by atoms with van der Waals surface area (Å²) in [6, 6.07) is 4.44. The van der Waals surface area contributed by atoms with Crippen LogP contribution < -0.4 is 5.32 Å². The highest BCUT2D eigenvalue weighted by molar-refractivity contribution is 9.10. The SMILES string of the molecule is CNC(C)c1cc2c(C)c(Br)c(C)cc2o1. The summed E-state index contributed by atoms with van der Waals surface area (Å²) in [7, 11) is 1.94. The lowest BCUT2D eigenvalue weighted by Crippen LogP contribution is -2.10. The highest BCUT2D eigenvalue weighted by Gasteiger charge is 2.13. The average Bonchev–Trinajstić information content (AvgIpc) is 2.69. The van der Waals surface area contributed by atoms with Gasteiger partial charge in [0.15, 0.2) is 0 Å². The molecule has 16 heavy (non-hydrogen) atoms. The number of halogens is 1. The molecule has 2 nitrogen and oxygen atoms in total. The predicted molar refractivity (Wildman–Crippen MR) is 70.9 cm³/mol. The summed E-state index contributed by atoms with van der Waals surface area (Å²) in [4.78, 5) is 0. The summed E-state index contributed by atoms with van der Waals surface area (Å²) < 4.78 is 7.02. The summed E-state index contributed by atoms with van der Waals surface area (Å²) in [6.07, 6.45) is 0. The monoisotopic (exact) mass is 281 g/mol. The Morgan fingerprint density at radius 2 is 2.00 bits per heavy atom. The van der Waals surface area contributed by atoms with Crippen LogP contribution in [0.1, 0.15) is 29.9 Å². The van der Waals surface area contributed by atoms with Crippen molar-refractivity contribution >= 4 is 26.9 Å². The fraction of sp³-hybridized carbons (Fsp3) is 0.385. The van der Waals surface area contributed by atoms with Crippen molar-refractivity contribution in [3.63, 3.8) is 0 Å². The first kappa shape index (κ1) is 11.7. The van der Waals surface area contributed by atoms with E-state index < -0.39 is 0 Å². The van der Waals surface area contributed by atoms with Crippen molar-refractivity contribution in [2.45, 2.75) is 26.8 Å². The molecule has 0 amide bonds. The number of hydrogen-bond donors (Lipinski definition) is 1. The van der Waals surface area contributed by atoms with Gasteiger partial charge in [-0.15, -0.1) is 0 Å². The maximum absolute atomic E-state index is 5.85. The van der Waals surface area contributed by atoms with Crippen LogP contribution in [0.15, 0.2) is 21.0 Å². The zero-order chi connectivity index (χ0) is 11.9. The first-order valence-electron chi connectivity index (χ1n) is 5.41. The standard InChI is InChI=1S/C13H16BrNO/c1-7-5-12-10(8(2)13(7)14)6-11(16-12)9(3)15-4/h5-6,9,15H,1-4H3. The van der Waals surface area contributed by atoms with E-state index in [1.165, 1.54) is 21.0 Å². The molecule has 1 aromatic heterocycles. The number of fused-ring (bicyclic) bond motifs is 1. The van der Waals surface area contributed by atoms with Gasteiger partial charge in [0.2, 0.25) is 0 Å². The molecule has 2 rings (SSSR count). The molecule has 0 radical (unpaired) electrons. The second kappa shape index (κ2) is 4.22. The zero-order valence-electron chi connectivity index (χ0n) is 10.0. The number of hydrogen-bond acceptors (Lipinski definition) is 2. The van der Waals surface area contributed by atoms with Gasteiger partial charge in [-0.1, -0.05) is 15.9 Å². The molecule has 1 atom stereocenters.